The molecule has 0 aromatic heterocycles. The smallest absolute Gasteiger partial charge is 0.246 e. The molecule has 4 nitrogen and oxygen atoms in total. The number of hydrogen-bond donors (Lipinski definition) is 0. The van der Waals surface area contributed by atoms with Gasteiger partial charge in [0.2, 0.25) is 5.91 Å². The monoisotopic (exact) mass is 417 g/mol. The SMILES string of the molecule is COc1cc(C)c(CN(C)C(=O)C=Cc2ccc(C)cc2Br)cc1OC. The molecule has 0 atom stereocenters. The van der Waals surface area contributed by atoms with Crippen LogP contribution in [0.25, 0.3) is 6.08 Å². The first kappa shape index (κ1) is 20.0. The first-order valence-corrected chi connectivity index (χ1v) is 9.05. The van der Waals surface area contributed by atoms with E-state index < -0.39 is 0 Å². The van der Waals surface area contributed by atoms with Crippen LogP contribution in [0.5, 0.6) is 11.5 Å². The summed E-state index contributed by atoms with van der Waals surface area (Å²) >= 11 is 3.53. The van der Waals surface area contributed by atoms with Gasteiger partial charge in [0, 0.05) is 24.1 Å². The average molecular weight is 418 g/mol. The Morgan fingerprint density at radius 1 is 1.12 bits per heavy atom. The standard InChI is InChI=1S/C21H24BrNO3/c1-14-6-7-16(18(22)10-14)8-9-21(24)23(3)13-17-12-20(26-5)19(25-4)11-15(17)2/h6-12H,13H2,1-5H3. The number of halogens is 1. The molecule has 0 saturated heterocycles. The number of carbonyl (C=O) groups excluding carboxylic acids is 1. The maximum Gasteiger partial charge on any atom is 0.246 e. The van der Waals surface area contributed by atoms with Crippen molar-refractivity contribution in [3.8, 4) is 11.5 Å². The van der Waals surface area contributed by atoms with Crippen molar-refractivity contribution in [1.82, 2.24) is 4.90 Å². The fraction of sp³-hybridized carbons (Fsp3) is 0.286. The van der Waals surface area contributed by atoms with Crippen molar-refractivity contribution in [3.63, 3.8) is 0 Å². The van der Waals surface area contributed by atoms with Gasteiger partial charge in [0.25, 0.3) is 0 Å². The Morgan fingerprint density at radius 3 is 2.38 bits per heavy atom. The van der Waals surface area contributed by atoms with Crippen LogP contribution in [0.1, 0.15) is 22.3 Å². The second-order valence-electron chi connectivity index (χ2n) is 6.19. The van der Waals surface area contributed by atoms with Crippen molar-refractivity contribution < 1.29 is 14.3 Å². The predicted octanol–water partition coefficient (Wildman–Crippen LogP) is 4.75. The van der Waals surface area contributed by atoms with Crippen LogP contribution in [-0.2, 0) is 11.3 Å². The molecule has 0 aliphatic heterocycles. The highest BCUT2D eigenvalue weighted by atomic mass is 79.9. The van der Waals surface area contributed by atoms with Gasteiger partial charge in [0.1, 0.15) is 0 Å². The van der Waals surface area contributed by atoms with Gasteiger partial charge in [-0.05, 0) is 60.4 Å². The van der Waals surface area contributed by atoms with E-state index in [0.717, 1.165) is 21.2 Å². The van der Waals surface area contributed by atoms with E-state index in [9.17, 15) is 4.79 Å². The normalized spacial score (nSPS) is 10.8. The van der Waals surface area contributed by atoms with Crippen molar-refractivity contribution in [2.45, 2.75) is 20.4 Å². The molecule has 5 heteroatoms. The lowest BCUT2D eigenvalue weighted by Gasteiger charge is -2.18. The van der Waals surface area contributed by atoms with E-state index in [1.165, 1.54) is 5.56 Å². The highest BCUT2D eigenvalue weighted by molar-refractivity contribution is 9.10. The molecule has 0 spiro atoms. The summed E-state index contributed by atoms with van der Waals surface area (Å²) in [6, 6.07) is 9.87. The summed E-state index contributed by atoms with van der Waals surface area (Å²) in [4.78, 5) is 14.1. The van der Waals surface area contributed by atoms with Gasteiger partial charge >= 0.3 is 0 Å². The van der Waals surface area contributed by atoms with Crippen LogP contribution in [0, 0.1) is 13.8 Å². The Hall–Kier alpha value is -2.27. The summed E-state index contributed by atoms with van der Waals surface area (Å²) in [5.74, 6) is 1.28. The summed E-state index contributed by atoms with van der Waals surface area (Å²) in [7, 11) is 5.00. The molecule has 2 aromatic carbocycles. The van der Waals surface area contributed by atoms with Crippen molar-refractivity contribution in [2.24, 2.45) is 0 Å². The minimum atomic E-state index is -0.0633. The molecule has 0 saturated carbocycles. The summed E-state index contributed by atoms with van der Waals surface area (Å²) in [6.07, 6.45) is 3.41. The third-order valence-electron chi connectivity index (χ3n) is 4.19. The third-order valence-corrected chi connectivity index (χ3v) is 4.87. The molecule has 0 bridgehead atoms. The maximum absolute atomic E-state index is 12.5. The minimum Gasteiger partial charge on any atom is -0.493 e. The van der Waals surface area contributed by atoms with Crippen LogP contribution in [0.4, 0.5) is 0 Å². The Balaban J connectivity index is 2.13. The van der Waals surface area contributed by atoms with E-state index in [2.05, 4.69) is 15.9 Å². The number of aryl methyl sites for hydroxylation is 2. The largest absolute Gasteiger partial charge is 0.493 e. The maximum atomic E-state index is 12.5. The van der Waals surface area contributed by atoms with Crippen molar-refractivity contribution >= 4 is 27.9 Å². The predicted molar refractivity (Wildman–Crippen MR) is 109 cm³/mol. The number of hydrogen-bond acceptors (Lipinski definition) is 3. The molecule has 0 radical (unpaired) electrons. The van der Waals surface area contributed by atoms with Crippen molar-refractivity contribution in [2.75, 3.05) is 21.3 Å². The lowest BCUT2D eigenvalue weighted by Crippen LogP contribution is -2.24. The van der Waals surface area contributed by atoms with Crippen LogP contribution >= 0.6 is 15.9 Å². The van der Waals surface area contributed by atoms with Crippen LogP contribution in [0.15, 0.2) is 40.9 Å². The van der Waals surface area contributed by atoms with Gasteiger partial charge in [-0.3, -0.25) is 4.79 Å². The zero-order chi connectivity index (χ0) is 19.3. The minimum absolute atomic E-state index is 0.0633. The summed E-state index contributed by atoms with van der Waals surface area (Å²) in [5.41, 5.74) is 4.21. The fourth-order valence-corrected chi connectivity index (χ4v) is 3.21. The number of ether oxygens (including phenoxy) is 2. The van der Waals surface area contributed by atoms with Crippen LogP contribution in [0.3, 0.4) is 0 Å². The summed E-state index contributed by atoms with van der Waals surface area (Å²) in [5, 5.41) is 0. The quantitative estimate of drug-likeness (QED) is 0.636. The number of rotatable bonds is 6. The van der Waals surface area contributed by atoms with E-state index in [1.807, 2.05) is 50.3 Å². The van der Waals surface area contributed by atoms with Gasteiger partial charge in [-0.1, -0.05) is 28.1 Å². The fourth-order valence-electron chi connectivity index (χ4n) is 2.58. The zero-order valence-electron chi connectivity index (χ0n) is 15.8. The molecule has 0 N–H and O–H groups in total. The molecule has 0 aliphatic carbocycles. The lowest BCUT2D eigenvalue weighted by atomic mass is 10.1. The Bertz CT molecular complexity index is 830. The van der Waals surface area contributed by atoms with E-state index in [1.54, 1.807) is 32.2 Å². The second kappa shape index (κ2) is 8.90. The first-order valence-electron chi connectivity index (χ1n) is 8.26. The number of methoxy groups -OCH3 is 2. The summed E-state index contributed by atoms with van der Waals surface area (Å²) < 4.78 is 11.6. The molecule has 0 heterocycles. The highest BCUT2D eigenvalue weighted by Gasteiger charge is 2.12. The first-order chi connectivity index (χ1) is 12.3. The van der Waals surface area contributed by atoms with E-state index in [4.69, 9.17) is 9.47 Å². The van der Waals surface area contributed by atoms with Gasteiger partial charge in [-0.15, -0.1) is 0 Å². The van der Waals surface area contributed by atoms with Crippen molar-refractivity contribution in [1.29, 1.82) is 0 Å². The van der Waals surface area contributed by atoms with Gasteiger partial charge in [0.15, 0.2) is 11.5 Å². The lowest BCUT2D eigenvalue weighted by molar-refractivity contribution is -0.125. The van der Waals surface area contributed by atoms with Gasteiger partial charge in [0.05, 0.1) is 14.2 Å². The number of likely N-dealkylation sites (N-methyl/N-ethyl adjacent to an activating group) is 1. The van der Waals surface area contributed by atoms with Gasteiger partial charge in [-0.25, -0.2) is 0 Å². The number of amides is 1. The molecular weight excluding hydrogens is 394 g/mol. The highest BCUT2D eigenvalue weighted by Crippen LogP contribution is 2.30. The zero-order valence-corrected chi connectivity index (χ0v) is 17.4. The summed E-state index contributed by atoms with van der Waals surface area (Å²) in [6.45, 7) is 4.52. The molecule has 2 rings (SSSR count). The molecule has 0 unspecified atom stereocenters. The van der Waals surface area contributed by atoms with Crippen molar-refractivity contribution in [3.05, 3.63) is 63.1 Å². The number of carbonyl (C=O) groups is 1. The van der Waals surface area contributed by atoms with Crippen LogP contribution in [0.2, 0.25) is 0 Å². The Morgan fingerprint density at radius 2 is 1.77 bits per heavy atom. The number of benzene rings is 2. The molecule has 2 aromatic rings. The van der Waals surface area contributed by atoms with Crippen LogP contribution in [-0.4, -0.2) is 32.1 Å². The molecule has 1 amide bonds. The molecule has 26 heavy (non-hydrogen) atoms. The molecule has 138 valence electrons. The Labute approximate surface area is 163 Å². The van der Waals surface area contributed by atoms with E-state index in [-0.39, 0.29) is 5.91 Å². The molecule has 0 fully saturated rings. The van der Waals surface area contributed by atoms with E-state index in [0.29, 0.717) is 18.0 Å². The van der Waals surface area contributed by atoms with Gasteiger partial charge in [-0.2, -0.15) is 0 Å². The Kier molecular flexibility index (Phi) is 6.86. The third kappa shape index (κ3) is 4.88. The van der Waals surface area contributed by atoms with Gasteiger partial charge < -0.3 is 14.4 Å². The molecule has 0 aliphatic rings. The molecular formula is C21H24BrNO3. The van der Waals surface area contributed by atoms with E-state index >= 15 is 0 Å². The second-order valence-corrected chi connectivity index (χ2v) is 7.04. The average Bonchev–Trinajstić information content (AvgIpc) is 2.61. The topological polar surface area (TPSA) is 38.8 Å². The number of nitrogens with zero attached hydrogens (tertiary/aromatic N) is 1. The van der Waals surface area contributed by atoms with Crippen LogP contribution < -0.4 is 9.47 Å².